The van der Waals surface area contributed by atoms with E-state index in [2.05, 4.69) is 35.9 Å². The van der Waals surface area contributed by atoms with Crippen molar-refractivity contribution in [1.29, 1.82) is 0 Å². The van der Waals surface area contributed by atoms with Crippen molar-refractivity contribution in [3.8, 4) is 11.5 Å². The number of nitrogens with one attached hydrogen (secondary N) is 1. The molecule has 9 nitrogen and oxygen atoms in total. The molecule has 0 radical (unpaired) electrons. The highest BCUT2D eigenvalue weighted by atomic mass is 16.5. The van der Waals surface area contributed by atoms with Crippen LogP contribution in [0.25, 0.3) is 10.9 Å². The topological polar surface area (TPSA) is 130 Å². The lowest BCUT2D eigenvalue weighted by atomic mass is 10.2. The SMILES string of the molecule is COc1ccc(NCC(O)Cn2c(C)c(C)c3ccccc32)c(OC)c1.O=C(O)C(=O)O. The first kappa shape index (κ1) is 24.5. The quantitative estimate of drug-likeness (QED) is 0.409. The van der Waals surface area contributed by atoms with Crippen LogP contribution in [0.4, 0.5) is 5.69 Å². The predicted octanol–water partition coefficient (Wildman–Crippen LogP) is 2.90. The second-order valence-corrected chi connectivity index (χ2v) is 7.05. The number of aryl methyl sites for hydroxylation is 1. The van der Waals surface area contributed by atoms with Gasteiger partial charge in [0.05, 0.1) is 32.6 Å². The first-order valence-corrected chi connectivity index (χ1v) is 9.84. The number of aliphatic carboxylic acids is 2. The zero-order valence-corrected chi connectivity index (χ0v) is 18.5. The number of nitrogens with zero attached hydrogens (tertiary/aromatic N) is 1. The third-order valence-corrected chi connectivity index (χ3v) is 5.06. The van der Waals surface area contributed by atoms with Gasteiger partial charge in [0.1, 0.15) is 11.5 Å². The molecule has 1 unspecified atom stereocenters. The summed E-state index contributed by atoms with van der Waals surface area (Å²) >= 11 is 0. The molecule has 3 rings (SSSR count). The van der Waals surface area contributed by atoms with E-state index in [0.717, 1.165) is 17.0 Å². The molecule has 2 aromatic carbocycles. The molecule has 172 valence electrons. The molecule has 4 N–H and O–H groups in total. The summed E-state index contributed by atoms with van der Waals surface area (Å²) in [5.74, 6) is -2.22. The van der Waals surface area contributed by atoms with E-state index in [0.29, 0.717) is 18.8 Å². The average molecular weight is 444 g/mol. The lowest BCUT2D eigenvalue weighted by Gasteiger charge is -2.17. The lowest BCUT2D eigenvalue weighted by molar-refractivity contribution is -0.159. The smallest absolute Gasteiger partial charge is 0.414 e. The fourth-order valence-electron chi connectivity index (χ4n) is 3.29. The van der Waals surface area contributed by atoms with Gasteiger partial charge < -0.3 is 34.7 Å². The Morgan fingerprint density at radius 2 is 1.69 bits per heavy atom. The number of rotatable bonds is 7. The Labute approximate surface area is 185 Å². The van der Waals surface area contributed by atoms with E-state index in [1.165, 1.54) is 16.6 Å². The number of carboxylic acids is 2. The third kappa shape index (κ3) is 5.92. The molecule has 0 amide bonds. The van der Waals surface area contributed by atoms with Crippen LogP contribution in [0.2, 0.25) is 0 Å². The van der Waals surface area contributed by atoms with E-state index < -0.39 is 18.0 Å². The van der Waals surface area contributed by atoms with Crippen LogP contribution in [0.3, 0.4) is 0 Å². The molecular formula is C23H28N2O7. The van der Waals surface area contributed by atoms with Gasteiger partial charge in [-0.2, -0.15) is 0 Å². The molecule has 32 heavy (non-hydrogen) atoms. The summed E-state index contributed by atoms with van der Waals surface area (Å²) in [4.78, 5) is 18.2. The van der Waals surface area contributed by atoms with Crippen molar-refractivity contribution >= 4 is 28.5 Å². The van der Waals surface area contributed by atoms with Crippen molar-refractivity contribution in [2.45, 2.75) is 26.5 Å². The van der Waals surface area contributed by atoms with Gasteiger partial charge in [-0.05, 0) is 37.6 Å². The van der Waals surface area contributed by atoms with E-state index in [1.54, 1.807) is 14.2 Å². The number of hydrogen-bond donors (Lipinski definition) is 4. The molecule has 0 saturated carbocycles. The van der Waals surface area contributed by atoms with Gasteiger partial charge in [-0.1, -0.05) is 18.2 Å². The number of hydrogen-bond acceptors (Lipinski definition) is 6. The molecule has 0 spiro atoms. The molecular weight excluding hydrogens is 416 g/mol. The zero-order chi connectivity index (χ0) is 23.8. The largest absolute Gasteiger partial charge is 0.497 e. The molecule has 0 aliphatic carbocycles. The van der Waals surface area contributed by atoms with E-state index in [1.807, 2.05) is 30.3 Å². The molecule has 0 aliphatic rings. The standard InChI is InChI=1S/C21H26N2O3.C2H2O4/c1-14-15(2)23(20-8-6-5-7-18(14)20)13-16(24)12-22-19-10-9-17(25-3)11-21(19)26-4;3-1(4)2(5)6/h5-11,16,22,24H,12-13H2,1-4H3;(H,3,4)(H,5,6). The Kier molecular flexibility index (Phi) is 8.48. The number of anilines is 1. The summed E-state index contributed by atoms with van der Waals surface area (Å²) in [7, 11) is 3.24. The second kappa shape index (κ2) is 11.1. The van der Waals surface area contributed by atoms with Crippen molar-refractivity contribution in [2.75, 3.05) is 26.1 Å². The Morgan fingerprint density at radius 1 is 1.03 bits per heavy atom. The van der Waals surface area contributed by atoms with Gasteiger partial charge in [0.25, 0.3) is 0 Å². The van der Waals surface area contributed by atoms with Gasteiger partial charge in [-0.3, -0.25) is 0 Å². The molecule has 0 bridgehead atoms. The fourth-order valence-corrected chi connectivity index (χ4v) is 3.29. The number of carboxylic acid groups (broad SMARTS) is 2. The number of aliphatic hydroxyl groups excluding tert-OH is 1. The number of fused-ring (bicyclic) bond motifs is 1. The van der Waals surface area contributed by atoms with Gasteiger partial charge in [-0.25, -0.2) is 9.59 Å². The van der Waals surface area contributed by atoms with Crippen molar-refractivity contribution < 1.29 is 34.4 Å². The highest BCUT2D eigenvalue weighted by molar-refractivity contribution is 6.27. The summed E-state index contributed by atoms with van der Waals surface area (Å²) in [6.07, 6.45) is -0.532. The molecule has 1 atom stereocenters. The normalized spacial score (nSPS) is 11.3. The number of para-hydroxylation sites is 1. The second-order valence-electron chi connectivity index (χ2n) is 7.05. The van der Waals surface area contributed by atoms with Crippen LogP contribution in [0.5, 0.6) is 11.5 Å². The minimum Gasteiger partial charge on any atom is -0.497 e. The Balaban J connectivity index is 0.000000534. The number of aliphatic hydroxyl groups is 1. The number of ether oxygens (including phenoxy) is 2. The van der Waals surface area contributed by atoms with Crippen LogP contribution in [-0.4, -0.2) is 58.7 Å². The Bertz CT molecular complexity index is 1080. The molecule has 1 heterocycles. The van der Waals surface area contributed by atoms with Crippen molar-refractivity contribution in [3.05, 3.63) is 53.7 Å². The molecule has 3 aromatic rings. The van der Waals surface area contributed by atoms with Gasteiger partial charge in [0.15, 0.2) is 0 Å². The number of carbonyl (C=O) groups is 2. The van der Waals surface area contributed by atoms with Gasteiger partial charge in [0.2, 0.25) is 0 Å². The van der Waals surface area contributed by atoms with Crippen LogP contribution in [0.1, 0.15) is 11.3 Å². The van der Waals surface area contributed by atoms with Crippen LogP contribution in [0.15, 0.2) is 42.5 Å². The van der Waals surface area contributed by atoms with Crippen LogP contribution < -0.4 is 14.8 Å². The maximum absolute atomic E-state index is 10.6. The zero-order valence-electron chi connectivity index (χ0n) is 18.5. The van der Waals surface area contributed by atoms with Crippen LogP contribution >= 0.6 is 0 Å². The summed E-state index contributed by atoms with van der Waals surface area (Å²) in [5.41, 5.74) is 4.44. The minimum absolute atomic E-state index is 0.424. The molecule has 0 aliphatic heterocycles. The van der Waals surface area contributed by atoms with E-state index >= 15 is 0 Å². The van der Waals surface area contributed by atoms with Crippen molar-refractivity contribution in [1.82, 2.24) is 4.57 Å². The third-order valence-electron chi connectivity index (χ3n) is 5.06. The van der Waals surface area contributed by atoms with Gasteiger partial charge in [0, 0.05) is 29.2 Å². The van der Waals surface area contributed by atoms with E-state index in [4.69, 9.17) is 29.3 Å². The van der Waals surface area contributed by atoms with Gasteiger partial charge >= 0.3 is 11.9 Å². The van der Waals surface area contributed by atoms with E-state index in [9.17, 15) is 5.11 Å². The van der Waals surface area contributed by atoms with Gasteiger partial charge in [-0.15, -0.1) is 0 Å². The summed E-state index contributed by atoms with van der Waals surface area (Å²) < 4.78 is 12.8. The van der Waals surface area contributed by atoms with Crippen LogP contribution in [0, 0.1) is 13.8 Å². The molecule has 9 heteroatoms. The highest BCUT2D eigenvalue weighted by Gasteiger charge is 2.14. The van der Waals surface area contributed by atoms with Crippen molar-refractivity contribution in [2.24, 2.45) is 0 Å². The molecule has 0 saturated heterocycles. The summed E-state index contributed by atoms with van der Waals surface area (Å²) in [6, 6.07) is 13.9. The fraction of sp³-hybridized carbons (Fsp3) is 0.304. The summed E-state index contributed by atoms with van der Waals surface area (Å²) in [6.45, 7) is 5.18. The predicted molar refractivity (Wildman–Crippen MR) is 121 cm³/mol. The molecule has 0 fully saturated rings. The number of methoxy groups -OCH3 is 2. The molecule has 1 aromatic heterocycles. The average Bonchev–Trinajstić information content (AvgIpc) is 3.02. The number of aromatic nitrogens is 1. The van der Waals surface area contributed by atoms with Crippen LogP contribution in [-0.2, 0) is 16.1 Å². The minimum atomic E-state index is -1.82. The summed E-state index contributed by atoms with van der Waals surface area (Å²) in [5, 5.41) is 29.9. The number of benzene rings is 2. The Hall–Kier alpha value is -3.72. The van der Waals surface area contributed by atoms with E-state index in [-0.39, 0.29) is 0 Å². The first-order valence-electron chi connectivity index (χ1n) is 9.84. The maximum atomic E-state index is 10.6. The first-order chi connectivity index (χ1) is 15.2. The lowest BCUT2D eigenvalue weighted by Crippen LogP contribution is -2.25. The monoisotopic (exact) mass is 444 g/mol. The Morgan fingerprint density at radius 3 is 2.28 bits per heavy atom. The highest BCUT2D eigenvalue weighted by Crippen LogP contribution is 2.29. The maximum Gasteiger partial charge on any atom is 0.414 e. The van der Waals surface area contributed by atoms with Crippen molar-refractivity contribution in [3.63, 3.8) is 0 Å².